The van der Waals surface area contributed by atoms with Gasteiger partial charge in [0, 0.05) is 16.1 Å². The molecule has 3 rings (SSSR count). The number of hydrogen-bond acceptors (Lipinski definition) is 4. The van der Waals surface area contributed by atoms with Gasteiger partial charge in [0.1, 0.15) is 11.3 Å². The van der Waals surface area contributed by atoms with E-state index in [4.69, 9.17) is 9.47 Å². The predicted octanol–water partition coefficient (Wildman–Crippen LogP) is 6.08. The van der Waals surface area contributed by atoms with Crippen LogP contribution in [0.15, 0.2) is 51.5 Å². The molecule has 152 valence electrons. The Kier molecular flexibility index (Phi) is 6.49. The van der Waals surface area contributed by atoms with E-state index in [0.717, 1.165) is 19.9 Å². The van der Waals surface area contributed by atoms with Crippen molar-refractivity contribution in [2.45, 2.75) is 26.2 Å². The third-order valence-electron chi connectivity index (χ3n) is 4.44. The van der Waals surface area contributed by atoms with Crippen LogP contribution in [0.1, 0.15) is 26.3 Å². The molecule has 0 aliphatic rings. The summed E-state index contributed by atoms with van der Waals surface area (Å²) in [4.78, 5) is 17.0. The fourth-order valence-corrected chi connectivity index (χ4v) is 4.27. The summed E-state index contributed by atoms with van der Waals surface area (Å²) in [6.45, 7) is 6.20. The Balaban J connectivity index is 1.80. The van der Waals surface area contributed by atoms with Crippen LogP contribution in [0.3, 0.4) is 0 Å². The van der Waals surface area contributed by atoms with E-state index < -0.39 is 0 Å². The number of methoxy groups -OCH3 is 1. The van der Waals surface area contributed by atoms with Gasteiger partial charge in [0.2, 0.25) is 0 Å². The van der Waals surface area contributed by atoms with Crippen LogP contribution in [-0.2, 0) is 10.2 Å². The third-order valence-corrected chi connectivity index (χ3v) is 5.68. The number of halogens is 2. The maximum absolute atomic E-state index is 12.6. The number of rotatable bonds is 5. The van der Waals surface area contributed by atoms with Crippen molar-refractivity contribution in [3.8, 4) is 11.5 Å². The van der Waals surface area contributed by atoms with Gasteiger partial charge in [0.25, 0.3) is 5.91 Å². The maximum Gasteiger partial charge on any atom is 0.262 e. The molecule has 0 aliphatic carbocycles. The first-order valence-corrected chi connectivity index (χ1v) is 10.6. The molecule has 0 bridgehead atoms. The number of carbonyl (C=O) groups is 1. The molecule has 1 aromatic heterocycles. The average molecular weight is 522 g/mol. The smallest absolute Gasteiger partial charge is 0.262 e. The molecule has 0 radical (unpaired) electrons. The molecule has 1 amide bonds. The third kappa shape index (κ3) is 4.90. The Labute approximate surface area is 187 Å². The van der Waals surface area contributed by atoms with Crippen molar-refractivity contribution >= 4 is 54.4 Å². The Morgan fingerprint density at radius 1 is 1.14 bits per heavy atom. The fraction of sp³-hybridized carbons (Fsp3) is 0.273. The number of nitrogens with zero attached hydrogens (tertiary/aromatic N) is 1. The van der Waals surface area contributed by atoms with Gasteiger partial charge >= 0.3 is 0 Å². The number of carbonyl (C=O) groups excluding carboxylic acids is 1. The normalized spacial score (nSPS) is 11.4. The molecular formula is C22H22Br2N2O3. The van der Waals surface area contributed by atoms with Crippen LogP contribution in [0, 0.1) is 0 Å². The minimum Gasteiger partial charge on any atom is -0.495 e. The molecule has 3 aromatic rings. The lowest BCUT2D eigenvalue weighted by Crippen LogP contribution is -2.21. The Morgan fingerprint density at radius 2 is 1.90 bits per heavy atom. The number of ether oxygens (including phenoxy) is 2. The van der Waals surface area contributed by atoms with Crippen molar-refractivity contribution in [2.24, 2.45) is 0 Å². The molecule has 0 saturated carbocycles. The van der Waals surface area contributed by atoms with Crippen LogP contribution in [0.25, 0.3) is 10.9 Å². The number of hydrogen-bond donors (Lipinski definition) is 1. The number of amides is 1. The van der Waals surface area contributed by atoms with Gasteiger partial charge in [-0.1, -0.05) is 48.8 Å². The number of anilines is 1. The zero-order valence-corrected chi connectivity index (χ0v) is 19.8. The summed E-state index contributed by atoms with van der Waals surface area (Å²) in [5.41, 5.74) is 2.34. The van der Waals surface area contributed by atoms with Crippen molar-refractivity contribution in [3.05, 3.63) is 57.1 Å². The van der Waals surface area contributed by atoms with E-state index in [9.17, 15) is 4.79 Å². The highest BCUT2D eigenvalue weighted by atomic mass is 79.9. The molecule has 0 fully saturated rings. The molecule has 0 atom stereocenters. The summed E-state index contributed by atoms with van der Waals surface area (Å²) < 4.78 is 12.8. The van der Waals surface area contributed by atoms with E-state index in [1.165, 1.54) is 0 Å². The van der Waals surface area contributed by atoms with Crippen molar-refractivity contribution in [2.75, 3.05) is 19.0 Å². The molecule has 0 unspecified atom stereocenters. The number of nitrogens with one attached hydrogen (secondary N) is 1. The molecule has 0 saturated heterocycles. The van der Waals surface area contributed by atoms with E-state index in [-0.39, 0.29) is 17.9 Å². The Hall–Kier alpha value is -2.12. The highest BCUT2D eigenvalue weighted by Crippen LogP contribution is 2.37. The minimum atomic E-state index is -0.284. The van der Waals surface area contributed by atoms with Gasteiger partial charge in [-0.05, 0) is 51.2 Å². The van der Waals surface area contributed by atoms with Crippen molar-refractivity contribution in [1.29, 1.82) is 0 Å². The van der Waals surface area contributed by atoms with Crippen molar-refractivity contribution in [3.63, 3.8) is 0 Å². The summed E-state index contributed by atoms with van der Waals surface area (Å²) >= 11 is 7.02. The van der Waals surface area contributed by atoms with E-state index in [1.54, 1.807) is 13.3 Å². The van der Waals surface area contributed by atoms with Gasteiger partial charge in [0.05, 0.1) is 17.3 Å². The monoisotopic (exact) mass is 520 g/mol. The first kappa shape index (κ1) is 21.6. The number of benzene rings is 2. The number of fused-ring (bicyclic) bond motifs is 1. The van der Waals surface area contributed by atoms with Crippen LogP contribution < -0.4 is 14.8 Å². The summed E-state index contributed by atoms with van der Waals surface area (Å²) in [6.07, 6.45) is 1.69. The molecule has 1 heterocycles. The van der Waals surface area contributed by atoms with E-state index in [0.29, 0.717) is 22.7 Å². The van der Waals surface area contributed by atoms with Gasteiger partial charge in [-0.2, -0.15) is 0 Å². The van der Waals surface area contributed by atoms with E-state index in [2.05, 4.69) is 62.9 Å². The molecule has 0 aliphatic heterocycles. The second kappa shape index (κ2) is 8.71. The molecule has 29 heavy (non-hydrogen) atoms. The van der Waals surface area contributed by atoms with Gasteiger partial charge in [-0.25, -0.2) is 0 Å². The van der Waals surface area contributed by atoms with Crippen molar-refractivity contribution < 1.29 is 14.3 Å². The van der Waals surface area contributed by atoms with Crippen LogP contribution in [0.5, 0.6) is 11.5 Å². The standard InChI is InChI=1S/C22H22Br2N2O3/c1-22(2,3)13-7-8-18(28-4)17(10-13)26-19(27)12-29-21-16(24)11-15(23)14-6-5-9-25-20(14)21/h5-11H,12H2,1-4H3,(H,26,27). The topological polar surface area (TPSA) is 60.5 Å². The number of pyridine rings is 1. The first-order valence-electron chi connectivity index (χ1n) is 9.04. The predicted molar refractivity (Wildman–Crippen MR) is 123 cm³/mol. The molecule has 1 N–H and O–H groups in total. The lowest BCUT2D eigenvalue weighted by molar-refractivity contribution is -0.118. The summed E-state index contributed by atoms with van der Waals surface area (Å²) in [5, 5.41) is 3.80. The zero-order chi connectivity index (χ0) is 21.2. The van der Waals surface area contributed by atoms with E-state index >= 15 is 0 Å². The fourth-order valence-electron chi connectivity index (χ4n) is 2.88. The van der Waals surface area contributed by atoms with Gasteiger partial charge in [-0.3, -0.25) is 9.78 Å². The molecular weight excluding hydrogens is 500 g/mol. The minimum absolute atomic E-state index is 0.0465. The second-order valence-electron chi connectivity index (χ2n) is 7.57. The van der Waals surface area contributed by atoms with Crippen LogP contribution in [0.4, 0.5) is 5.69 Å². The molecule has 7 heteroatoms. The highest BCUT2D eigenvalue weighted by Gasteiger charge is 2.18. The molecule has 5 nitrogen and oxygen atoms in total. The summed E-state index contributed by atoms with van der Waals surface area (Å²) in [6, 6.07) is 11.5. The van der Waals surface area contributed by atoms with Crippen LogP contribution >= 0.6 is 31.9 Å². The summed E-state index contributed by atoms with van der Waals surface area (Å²) in [5.74, 6) is 0.839. The zero-order valence-electron chi connectivity index (χ0n) is 16.7. The van der Waals surface area contributed by atoms with Gasteiger partial charge in [-0.15, -0.1) is 0 Å². The lowest BCUT2D eigenvalue weighted by atomic mass is 9.87. The highest BCUT2D eigenvalue weighted by molar-refractivity contribution is 9.11. The largest absolute Gasteiger partial charge is 0.495 e. The molecule has 0 spiro atoms. The van der Waals surface area contributed by atoms with Crippen LogP contribution in [0.2, 0.25) is 0 Å². The van der Waals surface area contributed by atoms with Crippen molar-refractivity contribution in [1.82, 2.24) is 4.98 Å². The lowest BCUT2D eigenvalue weighted by Gasteiger charge is -2.21. The van der Waals surface area contributed by atoms with E-state index in [1.807, 2.05) is 36.4 Å². The Morgan fingerprint density at radius 3 is 2.59 bits per heavy atom. The first-order chi connectivity index (χ1) is 13.7. The molecule has 2 aromatic carbocycles. The van der Waals surface area contributed by atoms with Gasteiger partial charge in [0.15, 0.2) is 12.4 Å². The number of aromatic nitrogens is 1. The van der Waals surface area contributed by atoms with Crippen LogP contribution in [-0.4, -0.2) is 24.6 Å². The SMILES string of the molecule is COc1ccc(C(C)(C)C)cc1NC(=O)COc1c(Br)cc(Br)c2cccnc12. The Bertz CT molecular complexity index is 1060. The van der Waals surface area contributed by atoms with Gasteiger partial charge < -0.3 is 14.8 Å². The summed E-state index contributed by atoms with van der Waals surface area (Å²) in [7, 11) is 1.58. The second-order valence-corrected chi connectivity index (χ2v) is 9.28. The maximum atomic E-state index is 12.6. The quantitative estimate of drug-likeness (QED) is 0.441. The average Bonchev–Trinajstić information content (AvgIpc) is 2.67.